The van der Waals surface area contributed by atoms with Crippen LogP contribution in [0.15, 0.2) is 41.0 Å². The van der Waals surface area contributed by atoms with Gasteiger partial charge in [-0.3, -0.25) is 4.79 Å². The molecule has 0 fully saturated rings. The topological polar surface area (TPSA) is 68.5 Å². The molecule has 110 valence electrons. The number of amides is 1. The Hall–Kier alpha value is -2.27. The summed E-state index contributed by atoms with van der Waals surface area (Å²) in [6.07, 6.45) is 0.452. The molecule has 0 saturated carbocycles. The highest BCUT2D eigenvalue weighted by atomic mass is 35.5. The Morgan fingerprint density at radius 3 is 2.71 bits per heavy atom. The summed E-state index contributed by atoms with van der Waals surface area (Å²) >= 11 is 5.83. The zero-order valence-electron chi connectivity index (χ0n) is 11.6. The van der Waals surface area contributed by atoms with Crippen molar-refractivity contribution in [3.05, 3.63) is 52.9 Å². The van der Waals surface area contributed by atoms with Crippen molar-refractivity contribution in [1.29, 1.82) is 0 Å². The van der Waals surface area contributed by atoms with Gasteiger partial charge in [0.05, 0.1) is 6.26 Å². The molecule has 1 heterocycles. The molecule has 21 heavy (non-hydrogen) atoms. The van der Waals surface area contributed by atoms with E-state index >= 15 is 0 Å². The summed E-state index contributed by atoms with van der Waals surface area (Å²) < 4.78 is 10.1. The van der Waals surface area contributed by atoms with Crippen LogP contribution in [0.3, 0.4) is 0 Å². The van der Waals surface area contributed by atoms with Gasteiger partial charge in [-0.25, -0.2) is 4.79 Å². The third kappa shape index (κ3) is 3.86. The maximum atomic E-state index is 12.0. The molecule has 0 aliphatic heterocycles. The van der Waals surface area contributed by atoms with Gasteiger partial charge in [0, 0.05) is 10.7 Å². The monoisotopic (exact) mass is 307 g/mol. The SMILES string of the molecule is Cc1occc1C(=O)O[C@H](C)C(=O)Nc1cccc(Cl)c1. The lowest BCUT2D eigenvalue weighted by Crippen LogP contribution is -2.30. The van der Waals surface area contributed by atoms with Crippen LogP contribution in [0.4, 0.5) is 5.69 Å². The first kappa shape index (κ1) is 15.1. The van der Waals surface area contributed by atoms with Crippen LogP contribution in [0.5, 0.6) is 0 Å². The van der Waals surface area contributed by atoms with Crippen LogP contribution < -0.4 is 5.32 Å². The summed E-state index contributed by atoms with van der Waals surface area (Å²) in [5.74, 6) is -0.593. The maximum Gasteiger partial charge on any atom is 0.342 e. The average Bonchev–Trinajstić information content (AvgIpc) is 2.85. The van der Waals surface area contributed by atoms with Gasteiger partial charge < -0.3 is 14.5 Å². The van der Waals surface area contributed by atoms with E-state index in [2.05, 4.69) is 5.32 Å². The van der Waals surface area contributed by atoms with Crippen molar-refractivity contribution in [3.8, 4) is 0 Å². The molecule has 1 N–H and O–H groups in total. The normalized spacial score (nSPS) is 11.8. The van der Waals surface area contributed by atoms with Gasteiger partial charge in [0.2, 0.25) is 0 Å². The van der Waals surface area contributed by atoms with Crippen LogP contribution in [-0.2, 0) is 9.53 Å². The Morgan fingerprint density at radius 2 is 2.10 bits per heavy atom. The molecular weight excluding hydrogens is 294 g/mol. The molecule has 0 spiro atoms. The predicted octanol–water partition coefficient (Wildman–Crippen LogP) is 3.43. The summed E-state index contributed by atoms with van der Waals surface area (Å²) in [6.45, 7) is 3.14. The number of aryl methyl sites for hydroxylation is 1. The average molecular weight is 308 g/mol. The Morgan fingerprint density at radius 1 is 1.33 bits per heavy atom. The highest BCUT2D eigenvalue weighted by Crippen LogP contribution is 2.16. The number of carbonyl (C=O) groups excluding carboxylic acids is 2. The Labute approximate surface area is 126 Å². The van der Waals surface area contributed by atoms with E-state index in [1.807, 2.05) is 0 Å². The zero-order chi connectivity index (χ0) is 15.4. The quantitative estimate of drug-likeness (QED) is 0.879. The lowest BCUT2D eigenvalue weighted by molar-refractivity contribution is -0.123. The fourth-order valence-corrected chi connectivity index (χ4v) is 1.87. The van der Waals surface area contributed by atoms with Gasteiger partial charge in [0.25, 0.3) is 5.91 Å². The molecule has 0 aliphatic rings. The highest BCUT2D eigenvalue weighted by molar-refractivity contribution is 6.30. The number of rotatable bonds is 4. The molecule has 1 atom stereocenters. The first-order valence-electron chi connectivity index (χ1n) is 6.29. The van der Waals surface area contributed by atoms with Crippen LogP contribution in [0.2, 0.25) is 5.02 Å². The summed E-state index contributed by atoms with van der Waals surface area (Å²) in [5, 5.41) is 3.13. The Bertz CT molecular complexity index is 665. The van der Waals surface area contributed by atoms with Gasteiger partial charge in [0.15, 0.2) is 6.10 Å². The van der Waals surface area contributed by atoms with Crippen molar-refractivity contribution in [2.24, 2.45) is 0 Å². The minimum atomic E-state index is -0.939. The standard InChI is InChI=1S/C15H14ClNO4/c1-9-13(6-7-20-9)15(19)21-10(2)14(18)17-12-5-3-4-11(16)8-12/h3-8,10H,1-2H3,(H,17,18)/t10-/m1/s1. The maximum absolute atomic E-state index is 12.0. The van der Waals surface area contributed by atoms with Crippen molar-refractivity contribution in [3.63, 3.8) is 0 Å². The highest BCUT2D eigenvalue weighted by Gasteiger charge is 2.21. The van der Waals surface area contributed by atoms with Gasteiger partial charge in [0.1, 0.15) is 11.3 Å². The summed E-state index contributed by atoms with van der Waals surface area (Å²) in [6, 6.07) is 8.21. The molecule has 0 radical (unpaired) electrons. The van der Waals surface area contributed by atoms with Crippen LogP contribution in [0.1, 0.15) is 23.0 Å². The minimum Gasteiger partial charge on any atom is -0.469 e. The zero-order valence-corrected chi connectivity index (χ0v) is 12.3. The molecule has 1 aromatic carbocycles. The van der Waals surface area contributed by atoms with E-state index in [-0.39, 0.29) is 0 Å². The van der Waals surface area contributed by atoms with E-state index < -0.39 is 18.0 Å². The van der Waals surface area contributed by atoms with Gasteiger partial charge in [-0.2, -0.15) is 0 Å². The minimum absolute atomic E-state index is 0.303. The Kier molecular flexibility index (Phi) is 4.65. The first-order chi connectivity index (χ1) is 9.97. The van der Waals surface area contributed by atoms with Crippen molar-refractivity contribution in [1.82, 2.24) is 0 Å². The van der Waals surface area contributed by atoms with Crippen molar-refractivity contribution < 1.29 is 18.7 Å². The Balaban J connectivity index is 1.97. The van der Waals surface area contributed by atoms with Gasteiger partial charge >= 0.3 is 5.97 Å². The van der Waals surface area contributed by atoms with Crippen LogP contribution in [0, 0.1) is 6.92 Å². The number of benzene rings is 1. The van der Waals surface area contributed by atoms with Crippen molar-refractivity contribution in [2.75, 3.05) is 5.32 Å². The van der Waals surface area contributed by atoms with Gasteiger partial charge in [-0.15, -0.1) is 0 Å². The number of ether oxygens (including phenoxy) is 1. The van der Waals surface area contributed by atoms with E-state index in [1.165, 1.54) is 19.3 Å². The third-order valence-corrected chi connectivity index (χ3v) is 3.06. The van der Waals surface area contributed by atoms with E-state index in [4.69, 9.17) is 20.8 Å². The second kappa shape index (κ2) is 6.45. The smallest absolute Gasteiger partial charge is 0.342 e. The number of hydrogen-bond donors (Lipinski definition) is 1. The summed E-state index contributed by atoms with van der Waals surface area (Å²) in [4.78, 5) is 23.8. The van der Waals surface area contributed by atoms with E-state index in [0.29, 0.717) is 22.0 Å². The number of anilines is 1. The fourth-order valence-electron chi connectivity index (χ4n) is 1.68. The number of carbonyl (C=O) groups is 2. The fraction of sp³-hybridized carbons (Fsp3) is 0.200. The number of hydrogen-bond acceptors (Lipinski definition) is 4. The molecule has 0 aliphatic carbocycles. The van der Waals surface area contributed by atoms with Crippen molar-refractivity contribution in [2.45, 2.75) is 20.0 Å². The lowest BCUT2D eigenvalue weighted by atomic mass is 10.2. The molecule has 0 bridgehead atoms. The molecule has 6 heteroatoms. The molecular formula is C15H14ClNO4. The molecule has 2 aromatic rings. The summed E-state index contributed by atoms with van der Waals surface area (Å²) in [5.41, 5.74) is 0.840. The van der Waals surface area contributed by atoms with Gasteiger partial charge in [-0.1, -0.05) is 17.7 Å². The van der Waals surface area contributed by atoms with E-state index in [1.54, 1.807) is 31.2 Å². The molecule has 1 amide bonds. The van der Waals surface area contributed by atoms with E-state index in [0.717, 1.165) is 0 Å². The van der Waals surface area contributed by atoms with Crippen LogP contribution in [0.25, 0.3) is 0 Å². The van der Waals surface area contributed by atoms with Gasteiger partial charge in [-0.05, 0) is 38.1 Å². The van der Waals surface area contributed by atoms with Crippen LogP contribution >= 0.6 is 11.6 Å². The number of furan rings is 1. The number of esters is 1. The van der Waals surface area contributed by atoms with Crippen molar-refractivity contribution >= 4 is 29.2 Å². The molecule has 1 aromatic heterocycles. The molecule has 0 saturated heterocycles. The number of nitrogens with one attached hydrogen (secondary N) is 1. The second-order valence-corrected chi connectivity index (χ2v) is 4.87. The summed E-state index contributed by atoms with van der Waals surface area (Å²) in [7, 11) is 0. The lowest BCUT2D eigenvalue weighted by Gasteiger charge is -2.13. The largest absolute Gasteiger partial charge is 0.469 e. The van der Waals surface area contributed by atoms with Crippen LogP contribution in [-0.4, -0.2) is 18.0 Å². The number of halogens is 1. The van der Waals surface area contributed by atoms with E-state index in [9.17, 15) is 9.59 Å². The molecule has 5 nitrogen and oxygen atoms in total. The third-order valence-electron chi connectivity index (χ3n) is 2.82. The predicted molar refractivity (Wildman–Crippen MR) is 78.4 cm³/mol. The molecule has 0 unspecified atom stereocenters. The first-order valence-corrected chi connectivity index (χ1v) is 6.66. The molecule has 2 rings (SSSR count). The second-order valence-electron chi connectivity index (χ2n) is 4.44.